The predicted molar refractivity (Wildman–Crippen MR) is 88.7 cm³/mol. The minimum atomic E-state index is -0.336. The Hall–Kier alpha value is -1.93. The second-order valence-corrected chi connectivity index (χ2v) is 8.32. The average Bonchev–Trinajstić information content (AvgIpc) is 3.07. The molecule has 1 aliphatic rings. The minimum absolute atomic E-state index is 0.0286. The van der Waals surface area contributed by atoms with Crippen LogP contribution in [0.1, 0.15) is 43.0 Å². The highest BCUT2D eigenvalue weighted by molar-refractivity contribution is 8.00. The Morgan fingerprint density at radius 2 is 2.21 bits per heavy atom. The summed E-state index contributed by atoms with van der Waals surface area (Å²) in [6.07, 6.45) is 2.93. The molecule has 1 aliphatic heterocycles. The number of hydrogen-bond acceptors (Lipinski definition) is 7. The summed E-state index contributed by atoms with van der Waals surface area (Å²) in [5.41, 5.74) is 0.604. The largest absolute Gasteiger partial charge is 0.377 e. The molecule has 0 radical (unpaired) electrons. The van der Waals surface area contributed by atoms with Crippen LogP contribution in [-0.2, 0) is 4.74 Å². The van der Waals surface area contributed by atoms with Crippen LogP contribution < -0.4 is 0 Å². The van der Waals surface area contributed by atoms with Crippen LogP contribution in [0.3, 0.4) is 0 Å². The molecule has 1 saturated heterocycles. The van der Waals surface area contributed by atoms with Crippen LogP contribution >= 0.6 is 11.8 Å². The Morgan fingerprint density at radius 1 is 1.38 bits per heavy atom. The van der Waals surface area contributed by atoms with E-state index in [1.807, 2.05) is 6.07 Å². The second kappa shape index (κ2) is 6.90. The lowest BCUT2D eigenvalue weighted by Crippen LogP contribution is -2.43. The van der Waals surface area contributed by atoms with Gasteiger partial charge in [-0.15, -0.1) is 11.8 Å². The molecule has 3 rings (SSSR count). The lowest BCUT2D eigenvalue weighted by molar-refractivity contribution is -0.00579. The lowest BCUT2D eigenvalue weighted by atomic mass is 10.1. The molecule has 1 fully saturated rings. The molecule has 3 heterocycles. The third-order valence-corrected chi connectivity index (χ3v) is 4.50. The first-order valence-corrected chi connectivity index (χ1v) is 8.56. The smallest absolute Gasteiger partial charge is 0.254 e. The minimum Gasteiger partial charge on any atom is -0.377 e. The SMILES string of the molecule is CC(C)(C)Sc1cc(C(=O)N2CCOC[C@H]2c2ncon2)ccn1. The van der Waals surface area contributed by atoms with Crippen LogP contribution in [0.5, 0.6) is 0 Å². The quantitative estimate of drug-likeness (QED) is 0.789. The number of rotatable bonds is 3. The molecule has 0 aliphatic carbocycles. The van der Waals surface area contributed by atoms with E-state index in [2.05, 4.69) is 35.9 Å². The van der Waals surface area contributed by atoms with Crippen molar-refractivity contribution in [2.45, 2.75) is 36.6 Å². The first kappa shape index (κ1) is 16.9. The number of hydrogen-bond donors (Lipinski definition) is 0. The molecule has 0 bridgehead atoms. The van der Waals surface area contributed by atoms with Gasteiger partial charge in [0, 0.05) is 23.1 Å². The van der Waals surface area contributed by atoms with E-state index in [0.29, 0.717) is 31.1 Å². The zero-order valence-electron chi connectivity index (χ0n) is 13.9. The maximum absolute atomic E-state index is 13.0. The summed E-state index contributed by atoms with van der Waals surface area (Å²) in [7, 11) is 0. The fraction of sp³-hybridized carbons (Fsp3) is 0.500. The van der Waals surface area contributed by atoms with E-state index >= 15 is 0 Å². The van der Waals surface area contributed by atoms with Crippen molar-refractivity contribution in [1.29, 1.82) is 0 Å². The molecule has 0 N–H and O–H groups in total. The van der Waals surface area contributed by atoms with Gasteiger partial charge in [-0.1, -0.05) is 25.9 Å². The summed E-state index contributed by atoms with van der Waals surface area (Å²) in [5.74, 6) is 0.382. The molecule has 2 aromatic heterocycles. The number of aromatic nitrogens is 3. The van der Waals surface area contributed by atoms with Gasteiger partial charge in [0.05, 0.1) is 18.2 Å². The Labute approximate surface area is 144 Å². The number of carbonyl (C=O) groups excluding carboxylic acids is 1. The maximum atomic E-state index is 13.0. The highest BCUT2D eigenvalue weighted by atomic mass is 32.2. The highest BCUT2D eigenvalue weighted by Gasteiger charge is 2.32. The fourth-order valence-corrected chi connectivity index (χ4v) is 3.39. The van der Waals surface area contributed by atoms with Crippen molar-refractivity contribution in [2.75, 3.05) is 19.8 Å². The Bertz CT molecular complexity index is 700. The van der Waals surface area contributed by atoms with E-state index in [0.717, 1.165) is 5.03 Å². The maximum Gasteiger partial charge on any atom is 0.254 e. The summed E-state index contributed by atoms with van der Waals surface area (Å²) in [6.45, 7) is 7.68. The van der Waals surface area contributed by atoms with Gasteiger partial charge < -0.3 is 14.2 Å². The molecule has 0 unspecified atom stereocenters. The molecular formula is C16H20N4O3S. The number of amides is 1. The molecular weight excluding hydrogens is 328 g/mol. The number of pyridine rings is 1. The van der Waals surface area contributed by atoms with Gasteiger partial charge in [0.25, 0.3) is 5.91 Å². The predicted octanol–water partition coefficient (Wildman–Crippen LogP) is 2.57. The monoisotopic (exact) mass is 348 g/mol. The van der Waals surface area contributed by atoms with Crippen molar-refractivity contribution in [3.8, 4) is 0 Å². The van der Waals surface area contributed by atoms with Crippen LogP contribution in [0.4, 0.5) is 0 Å². The van der Waals surface area contributed by atoms with Crippen molar-refractivity contribution in [3.63, 3.8) is 0 Å². The fourth-order valence-electron chi connectivity index (χ4n) is 2.46. The molecule has 128 valence electrons. The molecule has 2 aromatic rings. The number of carbonyl (C=O) groups is 1. The Morgan fingerprint density at radius 3 is 2.92 bits per heavy atom. The van der Waals surface area contributed by atoms with Gasteiger partial charge >= 0.3 is 0 Å². The Kier molecular flexibility index (Phi) is 4.86. The van der Waals surface area contributed by atoms with Gasteiger partial charge in [0.15, 0.2) is 5.82 Å². The summed E-state index contributed by atoms with van der Waals surface area (Å²) >= 11 is 1.63. The summed E-state index contributed by atoms with van der Waals surface area (Å²) in [5, 5.41) is 4.69. The average molecular weight is 348 g/mol. The molecule has 8 heteroatoms. The summed E-state index contributed by atoms with van der Waals surface area (Å²) < 4.78 is 10.3. The first-order chi connectivity index (χ1) is 11.4. The van der Waals surface area contributed by atoms with Crippen LogP contribution in [0.25, 0.3) is 0 Å². The van der Waals surface area contributed by atoms with Crippen molar-refractivity contribution in [2.24, 2.45) is 0 Å². The second-order valence-electron chi connectivity index (χ2n) is 6.48. The Balaban J connectivity index is 1.83. The van der Waals surface area contributed by atoms with Gasteiger partial charge in [0.1, 0.15) is 6.04 Å². The van der Waals surface area contributed by atoms with Crippen LogP contribution in [0.15, 0.2) is 34.3 Å². The van der Waals surface area contributed by atoms with Gasteiger partial charge in [-0.2, -0.15) is 4.98 Å². The molecule has 0 spiro atoms. The highest BCUT2D eigenvalue weighted by Crippen LogP contribution is 2.31. The van der Waals surface area contributed by atoms with Crippen molar-refractivity contribution >= 4 is 17.7 Å². The molecule has 0 saturated carbocycles. The van der Waals surface area contributed by atoms with Gasteiger partial charge in [0.2, 0.25) is 6.39 Å². The van der Waals surface area contributed by atoms with E-state index in [1.54, 1.807) is 28.9 Å². The zero-order valence-corrected chi connectivity index (χ0v) is 14.7. The van der Waals surface area contributed by atoms with Crippen LogP contribution in [0, 0.1) is 0 Å². The third-order valence-electron chi connectivity index (χ3n) is 3.46. The third kappa shape index (κ3) is 3.93. The van der Waals surface area contributed by atoms with Gasteiger partial charge in [-0.3, -0.25) is 4.79 Å². The summed E-state index contributed by atoms with van der Waals surface area (Å²) in [4.78, 5) is 23.1. The topological polar surface area (TPSA) is 81.4 Å². The molecule has 24 heavy (non-hydrogen) atoms. The summed E-state index contributed by atoms with van der Waals surface area (Å²) in [6, 6.07) is 3.23. The normalized spacial score (nSPS) is 18.6. The lowest BCUT2D eigenvalue weighted by Gasteiger charge is -2.33. The number of morpholine rings is 1. The molecule has 1 atom stereocenters. The van der Waals surface area contributed by atoms with E-state index in [-0.39, 0.29) is 16.7 Å². The number of ether oxygens (including phenoxy) is 1. The van der Waals surface area contributed by atoms with Crippen LogP contribution in [-0.4, -0.2) is 50.4 Å². The van der Waals surface area contributed by atoms with Crippen molar-refractivity contribution in [3.05, 3.63) is 36.1 Å². The zero-order chi connectivity index (χ0) is 17.2. The van der Waals surface area contributed by atoms with E-state index in [4.69, 9.17) is 9.26 Å². The van der Waals surface area contributed by atoms with E-state index < -0.39 is 0 Å². The number of thioether (sulfide) groups is 1. The van der Waals surface area contributed by atoms with Gasteiger partial charge in [-0.05, 0) is 12.1 Å². The standard InChI is InChI=1S/C16H20N4O3S/c1-16(2,3)24-13-8-11(4-5-17-13)15(21)20-6-7-22-9-12(20)14-18-10-23-19-14/h4-5,8,10,12H,6-7,9H2,1-3H3/t12-/m0/s1. The van der Waals surface area contributed by atoms with E-state index in [1.165, 1.54) is 6.39 Å². The molecule has 7 nitrogen and oxygen atoms in total. The van der Waals surface area contributed by atoms with Crippen LogP contribution in [0.2, 0.25) is 0 Å². The molecule has 0 aromatic carbocycles. The molecule has 1 amide bonds. The van der Waals surface area contributed by atoms with E-state index in [9.17, 15) is 4.79 Å². The first-order valence-electron chi connectivity index (χ1n) is 7.74. The van der Waals surface area contributed by atoms with Crippen molar-refractivity contribution < 1.29 is 14.1 Å². The van der Waals surface area contributed by atoms with Crippen molar-refractivity contribution in [1.82, 2.24) is 20.0 Å². The van der Waals surface area contributed by atoms with Gasteiger partial charge in [-0.25, -0.2) is 4.98 Å². The number of nitrogens with zero attached hydrogens (tertiary/aromatic N) is 4.